The predicted molar refractivity (Wildman–Crippen MR) is 141 cm³/mol. The van der Waals surface area contributed by atoms with Crippen molar-refractivity contribution >= 4 is 11.9 Å². The van der Waals surface area contributed by atoms with Gasteiger partial charge in [0, 0.05) is 6.42 Å². The van der Waals surface area contributed by atoms with Gasteiger partial charge in [0.2, 0.25) is 5.91 Å². The van der Waals surface area contributed by atoms with Gasteiger partial charge in [-0.25, -0.2) is 4.84 Å². The fourth-order valence-electron chi connectivity index (χ4n) is 4.90. The lowest BCUT2D eigenvalue weighted by Crippen LogP contribution is -2.33. The summed E-state index contributed by atoms with van der Waals surface area (Å²) in [6.45, 7) is 0.943. The molecule has 1 aromatic rings. The zero-order valence-corrected chi connectivity index (χ0v) is 22.6. The number of hydrogen-bond acceptors (Lipinski definition) is 10. The molecule has 0 aromatic heterocycles. The Balaban J connectivity index is 1.61. The number of esters is 1. The number of allylic oxidation sites excluding steroid dienone is 2. The van der Waals surface area contributed by atoms with Gasteiger partial charge in [0.15, 0.2) is 0 Å². The number of ether oxygens (including phenoxy) is 1. The molecular formula is C28H44N2O9. The molecule has 2 rings (SSSR count). The van der Waals surface area contributed by atoms with Gasteiger partial charge in [-0.15, -0.1) is 0 Å². The van der Waals surface area contributed by atoms with Gasteiger partial charge >= 0.3 is 5.97 Å². The summed E-state index contributed by atoms with van der Waals surface area (Å²) < 4.78 is 4.95. The molecule has 1 amide bonds. The zero-order valence-electron chi connectivity index (χ0n) is 22.6. The maximum absolute atomic E-state index is 11.9. The highest BCUT2D eigenvalue weighted by Crippen LogP contribution is 2.38. The second kappa shape index (κ2) is 18.1. The van der Waals surface area contributed by atoms with Crippen LogP contribution in [0, 0.1) is 11.8 Å². The molecule has 0 heterocycles. The van der Waals surface area contributed by atoms with Crippen LogP contribution in [0.2, 0.25) is 0 Å². The lowest BCUT2D eigenvalue weighted by molar-refractivity contribution is -0.494. The van der Waals surface area contributed by atoms with Crippen LogP contribution < -0.4 is 5.32 Å². The van der Waals surface area contributed by atoms with E-state index in [2.05, 4.69) is 10.2 Å². The molecule has 0 spiro atoms. The predicted octanol–water partition coefficient (Wildman–Crippen LogP) is 2.29. The van der Waals surface area contributed by atoms with Crippen molar-refractivity contribution in [2.24, 2.45) is 11.8 Å². The molecule has 1 fully saturated rings. The van der Waals surface area contributed by atoms with Crippen molar-refractivity contribution in [1.82, 2.24) is 10.7 Å². The summed E-state index contributed by atoms with van der Waals surface area (Å²) in [6.07, 6.45) is 6.72. The van der Waals surface area contributed by atoms with Crippen molar-refractivity contribution in [3.05, 3.63) is 48.0 Å². The van der Waals surface area contributed by atoms with Crippen LogP contribution in [0.25, 0.3) is 0 Å². The smallest absolute Gasteiger partial charge is 0.325 e. The van der Waals surface area contributed by atoms with E-state index in [0.717, 1.165) is 6.42 Å². The molecule has 11 nitrogen and oxygen atoms in total. The fourth-order valence-corrected chi connectivity index (χ4v) is 4.90. The average molecular weight is 553 g/mol. The highest BCUT2D eigenvalue weighted by Gasteiger charge is 2.40. The quantitative estimate of drug-likeness (QED) is 0.0688. The van der Waals surface area contributed by atoms with Crippen molar-refractivity contribution in [2.75, 3.05) is 13.2 Å². The van der Waals surface area contributed by atoms with E-state index in [1.54, 1.807) is 0 Å². The van der Waals surface area contributed by atoms with E-state index in [9.17, 15) is 24.9 Å². The van der Waals surface area contributed by atoms with Crippen LogP contribution in [0.1, 0.15) is 63.9 Å². The van der Waals surface area contributed by atoms with Crippen LogP contribution in [0.15, 0.2) is 42.5 Å². The van der Waals surface area contributed by atoms with Crippen LogP contribution in [0.3, 0.4) is 0 Å². The third kappa shape index (κ3) is 13.5. The second-order valence-electron chi connectivity index (χ2n) is 10.2. The Labute approximate surface area is 229 Å². The second-order valence-corrected chi connectivity index (χ2v) is 10.2. The third-order valence-corrected chi connectivity index (χ3v) is 7.00. The molecule has 1 aromatic carbocycles. The minimum absolute atomic E-state index is 0.0675. The maximum Gasteiger partial charge on any atom is 0.325 e. The van der Waals surface area contributed by atoms with Crippen molar-refractivity contribution in [2.45, 2.75) is 89.1 Å². The van der Waals surface area contributed by atoms with Crippen molar-refractivity contribution in [1.29, 1.82) is 0 Å². The molecule has 6 atom stereocenters. The topological polar surface area (TPSA) is 169 Å². The van der Waals surface area contributed by atoms with Crippen LogP contribution in [-0.2, 0) is 25.6 Å². The van der Waals surface area contributed by atoms with Gasteiger partial charge < -0.3 is 25.4 Å². The molecule has 1 unspecified atom stereocenters. The molecule has 0 radical (unpaired) electrons. The molecule has 11 heteroatoms. The van der Waals surface area contributed by atoms with Gasteiger partial charge in [0.1, 0.15) is 19.3 Å². The Morgan fingerprint density at radius 2 is 1.82 bits per heavy atom. The molecule has 220 valence electrons. The fraction of sp³-hybridized carbons (Fsp3) is 0.643. The van der Waals surface area contributed by atoms with Crippen molar-refractivity contribution in [3.8, 4) is 0 Å². The summed E-state index contributed by atoms with van der Waals surface area (Å²) >= 11 is 0. The highest BCUT2D eigenvalue weighted by molar-refractivity contribution is 5.81. The summed E-state index contributed by atoms with van der Waals surface area (Å²) in [6, 6.07) is 10.0. The Hall–Kier alpha value is -2.38. The number of rotatable bonds is 18. The number of aryl methyl sites for hydroxylation is 1. The molecule has 1 aliphatic rings. The van der Waals surface area contributed by atoms with E-state index in [4.69, 9.17) is 15.2 Å². The van der Waals surface area contributed by atoms with E-state index < -0.39 is 35.8 Å². The number of hydrogen-bond donors (Lipinski definition) is 6. The summed E-state index contributed by atoms with van der Waals surface area (Å²) in [7, 11) is 0. The van der Waals surface area contributed by atoms with Gasteiger partial charge in [0.05, 0.1) is 23.7 Å². The number of aliphatic hydroxyl groups excluding tert-OH is 3. The Morgan fingerprint density at radius 3 is 2.54 bits per heavy atom. The first-order valence-corrected chi connectivity index (χ1v) is 13.7. The molecule has 1 aliphatic carbocycles. The summed E-state index contributed by atoms with van der Waals surface area (Å²) in [5.74, 6) is -1.10. The monoisotopic (exact) mass is 552 g/mol. The number of unbranched alkanes of at least 4 members (excludes halogenated alkanes) is 1. The Kier molecular flexibility index (Phi) is 15.2. The largest absolute Gasteiger partial charge is 0.459 e. The number of benzene rings is 1. The van der Waals surface area contributed by atoms with Gasteiger partial charge in [0.25, 0.3) is 0 Å². The van der Waals surface area contributed by atoms with Gasteiger partial charge in [-0.2, -0.15) is 0 Å². The minimum atomic E-state index is -0.731. The highest BCUT2D eigenvalue weighted by atomic mass is 17.1. The summed E-state index contributed by atoms with van der Waals surface area (Å²) in [5, 5.41) is 50.3. The SMILES string of the molecule is CC(CON(O)O)OC(=O)CNC(=O)CCC/C=C\C[C@@H]1[C@@H](CC[C@@H](O)CCc2ccccc2)[C@H](O)C[C@@H]1O. The summed E-state index contributed by atoms with van der Waals surface area (Å²) in [5.41, 5.74) is 1.19. The van der Waals surface area contributed by atoms with E-state index in [1.165, 1.54) is 12.5 Å². The van der Waals surface area contributed by atoms with Crippen molar-refractivity contribution in [3.63, 3.8) is 0 Å². The number of aliphatic hydroxyl groups is 3. The number of amides is 1. The molecular weight excluding hydrogens is 508 g/mol. The first-order valence-electron chi connectivity index (χ1n) is 13.7. The zero-order chi connectivity index (χ0) is 28.6. The molecule has 0 aliphatic heterocycles. The van der Waals surface area contributed by atoms with Crippen LogP contribution >= 0.6 is 0 Å². The molecule has 6 N–H and O–H groups in total. The van der Waals surface area contributed by atoms with Crippen LogP contribution in [0.4, 0.5) is 0 Å². The summed E-state index contributed by atoms with van der Waals surface area (Å²) in [4.78, 5) is 28.0. The van der Waals surface area contributed by atoms with Crippen molar-refractivity contribution < 1.29 is 44.9 Å². The van der Waals surface area contributed by atoms with E-state index >= 15 is 0 Å². The van der Waals surface area contributed by atoms with Gasteiger partial charge in [-0.05, 0) is 75.7 Å². The van der Waals surface area contributed by atoms with E-state index in [0.29, 0.717) is 44.9 Å². The van der Waals surface area contributed by atoms with Crippen LogP contribution in [-0.4, -0.2) is 80.6 Å². The normalized spacial score (nSPS) is 22.7. The third-order valence-electron chi connectivity index (χ3n) is 7.00. The Bertz CT molecular complexity index is 868. The maximum atomic E-state index is 11.9. The number of nitrogens with zero attached hydrogens (tertiary/aromatic N) is 1. The first kappa shape index (κ1) is 32.8. The molecule has 0 bridgehead atoms. The minimum Gasteiger partial charge on any atom is -0.459 e. The standard InChI is InChI=1S/C28H44N2O9/c1-20(19-38-30(36)37)39-28(35)18-29-27(34)12-8-3-2-7-11-23-24(26(33)17-25(23)32)16-15-22(31)14-13-21-9-5-4-6-10-21/h2,4-7,9-10,20,22-26,31-33,36-37H,3,8,11-19H2,1H3,(H,29,34)/b7-2-/t20?,22-,23+,24+,25-,26+/m0/s1. The van der Waals surface area contributed by atoms with E-state index in [1.807, 2.05) is 42.5 Å². The number of carbonyl (C=O) groups excluding carboxylic acids is 2. The van der Waals surface area contributed by atoms with Gasteiger partial charge in [-0.1, -0.05) is 42.5 Å². The molecule has 1 saturated carbocycles. The number of nitrogens with one attached hydrogen (secondary N) is 1. The Morgan fingerprint density at radius 1 is 1.10 bits per heavy atom. The van der Waals surface area contributed by atoms with Crippen LogP contribution in [0.5, 0.6) is 0 Å². The van der Waals surface area contributed by atoms with Gasteiger partial charge in [-0.3, -0.25) is 20.0 Å². The first-order chi connectivity index (χ1) is 18.7. The lowest BCUT2D eigenvalue weighted by Gasteiger charge is -2.23. The number of carbonyl (C=O) groups is 2. The van der Waals surface area contributed by atoms with E-state index in [-0.39, 0.29) is 37.3 Å². The molecule has 39 heavy (non-hydrogen) atoms. The molecule has 0 saturated heterocycles. The lowest BCUT2D eigenvalue weighted by atomic mass is 9.85. The average Bonchev–Trinajstić information content (AvgIpc) is 3.17.